The first-order valence-corrected chi connectivity index (χ1v) is 5.07. The standard InChI is InChI=1S/C10H7BrClN/c1-6-5-7-3-2-4-8(11)9(7)10(12)13-6/h2-5H,1H3. The van der Waals surface area contributed by atoms with Crippen molar-refractivity contribution in [3.8, 4) is 0 Å². The number of fused-ring (bicyclic) bond motifs is 1. The molecule has 2 rings (SSSR count). The highest BCUT2D eigenvalue weighted by Crippen LogP contribution is 2.29. The molecular weight excluding hydrogens is 249 g/mol. The molecule has 3 heteroatoms. The minimum Gasteiger partial charge on any atom is -0.241 e. The van der Waals surface area contributed by atoms with Gasteiger partial charge in [0.2, 0.25) is 0 Å². The Kier molecular flexibility index (Phi) is 2.26. The van der Waals surface area contributed by atoms with Gasteiger partial charge in [0, 0.05) is 15.6 Å². The van der Waals surface area contributed by atoms with Crippen molar-refractivity contribution in [2.45, 2.75) is 6.92 Å². The maximum absolute atomic E-state index is 6.03. The molecule has 2 aromatic rings. The van der Waals surface area contributed by atoms with E-state index in [1.807, 2.05) is 31.2 Å². The van der Waals surface area contributed by atoms with E-state index in [2.05, 4.69) is 20.9 Å². The number of benzene rings is 1. The summed E-state index contributed by atoms with van der Waals surface area (Å²) in [5.41, 5.74) is 0.940. The summed E-state index contributed by atoms with van der Waals surface area (Å²) in [7, 11) is 0. The van der Waals surface area contributed by atoms with Crippen LogP contribution in [0.25, 0.3) is 10.8 Å². The summed E-state index contributed by atoms with van der Waals surface area (Å²) in [4.78, 5) is 4.20. The van der Waals surface area contributed by atoms with Gasteiger partial charge in [0.1, 0.15) is 5.15 Å². The highest BCUT2D eigenvalue weighted by Gasteiger charge is 2.04. The lowest BCUT2D eigenvalue weighted by molar-refractivity contribution is 1.22. The predicted molar refractivity (Wildman–Crippen MR) is 59.2 cm³/mol. The summed E-state index contributed by atoms with van der Waals surface area (Å²) in [6.07, 6.45) is 0. The first-order valence-electron chi connectivity index (χ1n) is 3.90. The summed E-state index contributed by atoms with van der Waals surface area (Å²) >= 11 is 9.47. The zero-order chi connectivity index (χ0) is 9.42. The van der Waals surface area contributed by atoms with E-state index < -0.39 is 0 Å². The topological polar surface area (TPSA) is 12.9 Å². The Morgan fingerprint density at radius 3 is 2.92 bits per heavy atom. The van der Waals surface area contributed by atoms with E-state index in [1.165, 1.54) is 0 Å². The molecule has 1 nitrogen and oxygen atoms in total. The number of aryl methyl sites for hydroxylation is 1. The number of halogens is 2. The van der Waals surface area contributed by atoms with Gasteiger partial charge in [-0.05, 0) is 24.4 Å². The van der Waals surface area contributed by atoms with Gasteiger partial charge in [-0.2, -0.15) is 0 Å². The molecule has 0 fully saturated rings. The van der Waals surface area contributed by atoms with E-state index in [0.717, 1.165) is 20.9 Å². The normalized spacial score (nSPS) is 10.7. The van der Waals surface area contributed by atoms with Gasteiger partial charge in [0.15, 0.2) is 0 Å². The van der Waals surface area contributed by atoms with Crippen LogP contribution in [0.1, 0.15) is 5.69 Å². The van der Waals surface area contributed by atoms with Gasteiger partial charge in [-0.3, -0.25) is 0 Å². The fraction of sp³-hybridized carbons (Fsp3) is 0.100. The molecule has 0 N–H and O–H groups in total. The molecule has 0 unspecified atom stereocenters. The summed E-state index contributed by atoms with van der Waals surface area (Å²) in [5.74, 6) is 0. The third-order valence-corrected chi connectivity index (χ3v) is 2.83. The Balaban J connectivity index is 2.94. The molecule has 0 saturated heterocycles. The second-order valence-electron chi connectivity index (χ2n) is 2.89. The summed E-state index contributed by atoms with van der Waals surface area (Å²) in [6.45, 7) is 1.94. The molecular formula is C10H7BrClN. The molecule has 0 radical (unpaired) electrons. The maximum Gasteiger partial charge on any atom is 0.138 e. The van der Waals surface area contributed by atoms with Crippen molar-refractivity contribution in [3.05, 3.63) is 39.6 Å². The summed E-state index contributed by atoms with van der Waals surface area (Å²) in [6, 6.07) is 8.00. The van der Waals surface area contributed by atoms with Crippen molar-refractivity contribution < 1.29 is 0 Å². The van der Waals surface area contributed by atoms with Crippen LogP contribution < -0.4 is 0 Å². The van der Waals surface area contributed by atoms with Crippen LogP contribution in [-0.2, 0) is 0 Å². The molecule has 0 aliphatic rings. The van der Waals surface area contributed by atoms with Crippen LogP contribution in [0.2, 0.25) is 5.15 Å². The highest BCUT2D eigenvalue weighted by atomic mass is 79.9. The number of aromatic nitrogens is 1. The molecule has 1 aromatic carbocycles. The van der Waals surface area contributed by atoms with Gasteiger partial charge in [-0.15, -0.1) is 0 Å². The highest BCUT2D eigenvalue weighted by molar-refractivity contribution is 9.10. The van der Waals surface area contributed by atoms with Crippen LogP contribution >= 0.6 is 27.5 Å². The average molecular weight is 257 g/mol. The first kappa shape index (κ1) is 8.97. The lowest BCUT2D eigenvalue weighted by Crippen LogP contribution is -1.84. The fourth-order valence-corrected chi connectivity index (χ4v) is 2.37. The fourth-order valence-electron chi connectivity index (χ4n) is 1.35. The van der Waals surface area contributed by atoms with E-state index in [9.17, 15) is 0 Å². The summed E-state index contributed by atoms with van der Waals surface area (Å²) < 4.78 is 0.988. The largest absolute Gasteiger partial charge is 0.241 e. The van der Waals surface area contributed by atoms with E-state index in [1.54, 1.807) is 0 Å². The Bertz CT molecular complexity index is 468. The van der Waals surface area contributed by atoms with Crippen molar-refractivity contribution in [1.29, 1.82) is 0 Å². The van der Waals surface area contributed by atoms with E-state index in [0.29, 0.717) is 5.15 Å². The van der Waals surface area contributed by atoms with Crippen molar-refractivity contribution in [2.24, 2.45) is 0 Å². The van der Waals surface area contributed by atoms with Gasteiger partial charge < -0.3 is 0 Å². The monoisotopic (exact) mass is 255 g/mol. The van der Waals surface area contributed by atoms with Crippen LogP contribution in [0, 0.1) is 6.92 Å². The van der Waals surface area contributed by atoms with E-state index >= 15 is 0 Å². The molecule has 0 aliphatic carbocycles. The van der Waals surface area contributed by atoms with Crippen LogP contribution in [0.3, 0.4) is 0 Å². The lowest BCUT2D eigenvalue weighted by Gasteiger charge is -2.03. The van der Waals surface area contributed by atoms with Gasteiger partial charge in [-0.1, -0.05) is 39.7 Å². The second-order valence-corrected chi connectivity index (χ2v) is 4.10. The van der Waals surface area contributed by atoms with Crippen molar-refractivity contribution >= 4 is 38.3 Å². The number of hydrogen-bond acceptors (Lipinski definition) is 1. The molecule has 0 amide bonds. The number of hydrogen-bond donors (Lipinski definition) is 0. The van der Waals surface area contributed by atoms with Crippen molar-refractivity contribution in [2.75, 3.05) is 0 Å². The van der Waals surface area contributed by atoms with E-state index in [4.69, 9.17) is 11.6 Å². The molecule has 13 heavy (non-hydrogen) atoms. The van der Waals surface area contributed by atoms with Crippen molar-refractivity contribution in [1.82, 2.24) is 4.98 Å². The molecule has 1 heterocycles. The molecule has 0 saturated carbocycles. The van der Waals surface area contributed by atoms with Crippen LogP contribution in [0.15, 0.2) is 28.7 Å². The molecule has 0 aliphatic heterocycles. The summed E-state index contributed by atoms with van der Waals surface area (Å²) in [5, 5.41) is 2.66. The lowest BCUT2D eigenvalue weighted by atomic mass is 10.1. The Morgan fingerprint density at radius 2 is 2.15 bits per heavy atom. The van der Waals surface area contributed by atoms with Crippen molar-refractivity contribution in [3.63, 3.8) is 0 Å². The molecule has 1 aromatic heterocycles. The Labute approximate surface area is 89.9 Å². The smallest absolute Gasteiger partial charge is 0.138 e. The van der Waals surface area contributed by atoms with Gasteiger partial charge in [0.25, 0.3) is 0 Å². The van der Waals surface area contributed by atoms with Crippen LogP contribution in [-0.4, -0.2) is 4.98 Å². The Hall–Kier alpha value is -0.600. The molecule has 0 spiro atoms. The zero-order valence-electron chi connectivity index (χ0n) is 7.01. The SMILES string of the molecule is Cc1cc2cccc(Br)c2c(Cl)n1. The average Bonchev–Trinajstić information content (AvgIpc) is 2.02. The first-order chi connectivity index (χ1) is 6.18. The van der Waals surface area contributed by atoms with E-state index in [-0.39, 0.29) is 0 Å². The van der Waals surface area contributed by atoms with Gasteiger partial charge in [-0.25, -0.2) is 4.98 Å². The molecule has 66 valence electrons. The second kappa shape index (κ2) is 3.28. The number of pyridine rings is 1. The molecule has 0 atom stereocenters. The minimum atomic E-state index is 0.558. The van der Waals surface area contributed by atoms with Crippen LogP contribution in [0.4, 0.5) is 0 Å². The quantitative estimate of drug-likeness (QED) is 0.650. The minimum absolute atomic E-state index is 0.558. The third kappa shape index (κ3) is 1.56. The Morgan fingerprint density at radius 1 is 1.38 bits per heavy atom. The number of nitrogens with zero attached hydrogens (tertiary/aromatic N) is 1. The predicted octanol–water partition coefficient (Wildman–Crippen LogP) is 3.96. The number of rotatable bonds is 0. The maximum atomic E-state index is 6.03. The zero-order valence-corrected chi connectivity index (χ0v) is 9.35. The van der Waals surface area contributed by atoms with Gasteiger partial charge >= 0.3 is 0 Å². The molecule has 0 bridgehead atoms. The van der Waals surface area contributed by atoms with Crippen LogP contribution in [0.5, 0.6) is 0 Å². The van der Waals surface area contributed by atoms with Gasteiger partial charge in [0.05, 0.1) is 0 Å². The third-order valence-electron chi connectivity index (χ3n) is 1.89.